The van der Waals surface area contributed by atoms with E-state index in [1.165, 1.54) is 6.92 Å². The Balaban J connectivity index is 2.11. The standard InChI is InChI=1S/C15H16N2O2/c1-10(18)9-13-14-7-4-8-17(14)15(19)11-5-2-3-6-12(11)16-13/h2-3,5-6,9,14,16H,4,7-8H2,1H3/b13-9-. The molecule has 0 spiro atoms. The van der Waals surface area contributed by atoms with Gasteiger partial charge in [-0.05, 0) is 31.9 Å². The summed E-state index contributed by atoms with van der Waals surface area (Å²) in [5.74, 6) is 0.0544. The van der Waals surface area contributed by atoms with E-state index >= 15 is 0 Å². The first-order valence-electron chi connectivity index (χ1n) is 6.56. The van der Waals surface area contributed by atoms with E-state index in [2.05, 4.69) is 5.32 Å². The zero-order valence-corrected chi connectivity index (χ0v) is 10.8. The smallest absolute Gasteiger partial charge is 0.256 e. The van der Waals surface area contributed by atoms with E-state index in [4.69, 9.17) is 0 Å². The molecule has 0 aliphatic carbocycles. The minimum atomic E-state index is 0.00109. The number of ketones is 1. The first-order chi connectivity index (χ1) is 9.16. The number of anilines is 1. The van der Waals surface area contributed by atoms with E-state index in [1.807, 2.05) is 29.2 Å². The van der Waals surface area contributed by atoms with Gasteiger partial charge >= 0.3 is 0 Å². The number of allylic oxidation sites excluding steroid dienone is 1. The summed E-state index contributed by atoms with van der Waals surface area (Å²) in [6.45, 7) is 2.29. The van der Waals surface area contributed by atoms with Crippen LogP contribution in [0.15, 0.2) is 36.0 Å². The van der Waals surface area contributed by atoms with E-state index in [9.17, 15) is 9.59 Å². The van der Waals surface area contributed by atoms with Crippen LogP contribution in [-0.2, 0) is 4.79 Å². The summed E-state index contributed by atoms with van der Waals surface area (Å²) in [6, 6.07) is 7.47. The Hall–Kier alpha value is -2.10. The molecular weight excluding hydrogens is 240 g/mol. The van der Waals surface area contributed by atoms with Crippen LogP contribution in [0.5, 0.6) is 0 Å². The molecule has 1 N–H and O–H groups in total. The molecular formula is C15H16N2O2. The van der Waals surface area contributed by atoms with Crippen molar-refractivity contribution in [2.45, 2.75) is 25.8 Å². The van der Waals surface area contributed by atoms with E-state index < -0.39 is 0 Å². The van der Waals surface area contributed by atoms with Crippen LogP contribution in [0.3, 0.4) is 0 Å². The second kappa shape index (κ2) is 4.53. The lowest BCUT2D eigenvalue weighted by Gasteiger charge is -2.23. The number of amides is 1. The van der Waals surface area contributed by atoms with Gasteiger partial charge in [0.25, 0.3) is 5.91 Å². The molecule has 0 saturated carbocycles. The average Bonchev–Trinajstić information content (AvgIpc) is 2.83. The Morgan fingerprint density at radius 3 is 3.00 bits per heavy atom. The number of fused-ring (bicyclic) bond motifs is 2. The Labute approximate surface area is 112 Å². The SMILES string of the molecule is CC(=O)/C=C1\Nc2ccccc2C(=O)N2CCCC12. The van der Waals surface area contributed by atoms with Gasteiger partial charge in [0.1, 0.15) is 0 Å². The molecule has 1 aromatic rings. The molecule has 98 valence electrons. The van der Waals surface area contributed by atoms with Crippen molar-refractivity contribution < 1.29 is 9.59 Å². The van der Waals surface area contributed by atoms with Crippen LogP contribution in [0.25, 0.3) is 0 Å². The van der Waals surface area contributed by atoms with Gasteiger partial charge in [-0.1, -0.05) is 12.1 Å². The molecule has 0 radical (unpaired) electrons. The van der Waals surface area contributed by atoms with E-state index in [0.717, 1.165) is 30.8 Å². The van der Waals surface area contributed by atoms with Crippen molar-refractivity contribution in [1.29, 1.82) is 0 Å². The fourth-order valence-corrected chi connectivity index (χ4v) is 2.86. The van der Waals surface area contributed by atoms with Crippen molar-refractivity contribution in [3.05, 3.63) is 41.6 Å². The maximum atomic E-state index is 12.5. The monoisotopic (exact) mass is 256 g/mol. The van der Waals surface area contributed by atoms with E-state index in [1.54, 1.807) is 6.08 Å². The molecule has 4 nitrogen and oxygen atoms in total. The largest absolute Gasteiger partial charge is 0.356 e. The zero-order chi connectivity index (χ0) is 13.4. The molecule has 1 saturated heterocycles. The molecule has 1 atom stereocenters. The summed E-state index contributed by atoms with van der Waals surface area (Å²) >= 11 is 0. The molecule has 2 aliphatic heterocycles. The number of carbonyl (C=O) groups is 2. The van der Waals surface area contributed by atoms with Crippen molar-refractivity contribution in [3.8, 4) is 0 Å². The third-order valence-corrected chi connectivity index (χ3v) is 3.67. The van der Waals surface area contributed by atoms with Gasteiger partial charge in [0.15, 0.2) is 5.78 Å². The second-order valence-electron chi connectivity index (χ2n) is 5.04. The summed E-state index contributed by atoms with van der Waals surface area (Å²) in [7, 11) is 0. The molecule has 0 aromatic heterocycles. The highest BCUT2D eigenvalue weighted by atomic mass is 16.2. The normalized spacial score (nSPS) is 23.6. The molecule has 1 fully saturated rings. The van der Waals surface area contributed by atoms with Crippen LogP contribution >= 0.6 is 0 Å². The number of nitrogens with zero attached hydrogens (tertiary/aromatic N) is 1. The summed E-state index contributed by atoms with van der Waals surface area (Å²) < 4.78 is 0. The number of hydrogen-bond acceptors (Lipinski definition) is 3. The van der Waals surface area contributed by atoms with Crippen molar-refractivity contribution in [2.75, 3.05) is 11.9 Å². The highest BCUT2D eigenvalue weighted by molar-refractivity contribution is 6.02. The fraction of sp³-hybridized carbons (Fsp3) is 0.333. The number of benzene rings is 1. The Kier molecular flexibility index (Phi) is 2.85. The number of rotatable bonds is 1. The van der Waals surface area contributed by atoms with Gasteiger partial charge in [-0.25, -0.2) is 0 Å². The van der Waals surface area contributed by atoms with Crippen LogP contribution in [0.1, 0.15) is 30.1 Å². The zero-order valence-electron chi connectivity index (χ0n) is 10.8. The van der Waals surface area contributed by atoms with Crippen LogP contribution in [0, 0.1) is 0 Å². The Bertz CT molecular complexity index is 577. The first-order valence-corrected chi connectivity index (χ1v) is 6.56. The summed E-state index contributed by atoms with van der Waals surface area (Å²) in [5, 5.41) is 3.27. The topological polar surface area (TPSA) is 49.4 Å². The van der Waals surface area contributed by atoms with Gasteiger partial charge in [0.2, 0.25) is 0 Å². The number of carbonyl (C=O) groups excluding carboxylic acids is 2. The number of hydrogen-bond donors (Lipinski definition) is 1. The molecule has 1 unspecified atom stereocenters. The number of nitrogens with one attached hydrogen (secondary N) is 1. The summed E-state index contributed by atoms with van der Waals surface area (Å²) in [6.07, 6.45) is 3.50. The molecule has 1 aromatic carbocycles. The third-order valence-electron chi connectivity index (χ3n) is 3.67. The quantitative estimate of drug-likeness (QED) is 0.784. The first kappa shape index (κ1) is 12.0. The van der Waals surface area contributed by atoms with Crippen molar-refractivity contribution in [1.82, 2.24) is 4.90 Å². The molecule has 1 amide bonds. The predicted octanol–water partition coefficient (Wildman–Crippen LogP) is 2.19. The molecule has 2 heterocycles. The van der Waals surface area contributed by atoms with Gasteiger partial charge in [-0.2, -0.15) is 0 Å². The Morgan fingerprint density at radius 2 is 2.21 bits per heavy atom. The molecule has 19 heavy (non-hydrogen) atoms. The summed E-state index contributed by atoms with van der Waals surface area (Å²) in [5.41, 5.74) is 2.30. The minimum Gasteiger partial charge on any atom is -0.356 e. The van der Waals surface area contributed by atoms with Crippen LogP contribution in [0.4, 0.5) is 5.69 Å². The molecule has 4 heteroatoms. The van der Waals surface area contributed by atoms with Gasteiger partial charge in [-0.3, -0.25) is 9.59 Å². The van der Waals surface area contributed by atoms with Crippen LogP contribution in [-0.4, -0.2) is 29.2 Å². The average molecular weight is 256 g/mol. The minimum absolute atomic E-state index is 0.00109. The van der Waals surface area contributed by atoms with Crippen LogP contribution in [0.2, 0.25) is 0 Å². The lowest BCUT2D eigenvalue weighted by atomic mass is 10.1. The van der Waals surface area contributed by atoms with Crippen molar-refractivity contribution in [2.24, 2.45) is 0 Å². The van der Waals surface area contributed by atoms with Gasteiger partial charge in [-0.15, -0.1) is 0 Å². The third kappa shape index (κ3) is 2.03. The van der Waals surface area contributed by atoms with Gasteiger partial charge in [0, 0.05) is 18.3 Å². The number of para-hydroxylation sites is 1. The highest BCUT2D eigenvalue weighted by Crippen LogP contribution is 2.32. The Morgan fingerprint density at radius 1 is 1.42 bits per heavy atom. The van der Waals surface area contributed by atoms with Gasteiger partial charge in [0.05, 0.1) is 17.3 Å². The maximum Gasteiger partial charge on any atom is 0.256 e. The molecule has 0 bridgehead atoms. The van der Waals surface area contributed by atoms with E-state index in [0.29, 0.717) is 5.56 Å². The molecule has 2 aliphatic rings. The predicted molar refractivity (Wildman–Crippen MR) is 72.9 cm³/mol. The van der Waals surface area contributed by atoms with E-state index in [-0.39, 0.29) is 17.7 Å². The fourth-order valence-electron chi connectivity index (χ4n) is 2.86. The second-order valence-corrected chi connectivity index (χ2v) is 5.04. The van der Waals surface area contributed by atoms with Crippen molar-refractivity contribution >= 4 is 17.4 Å². The maximum absolute atomic E-state index is 12.5. The lowest BCUT2D eigenvalue weighted by Crippen LogP contribution is -2.36. The molecule has 3 rings (SSSR count). The summed E-state index contributed by atoms with van der Waals surface area (Å²) in [4.78, 5) is 25.8. The van der Waals surface area contributed by atoms with Gasteiger partial charge < -0.3 is 10.2 Å². The van der Waals surface area contributed by atoms with Crippen LogP contribution < -0.4 is 5.32 Å². The van der Waals surface area contributed by atoms with Crippen molar-refractivity contribution in [3.63, 3.8) is 0 Å². The highest BCUT2D eigenvalue weighted by Gasteiger charge is 2.35. The lowest BCUT2D eigenvalue weighted by molar-refractivity contribution is -0.112.